The van der Waals surface area contributed by atoms with Gasteiger partial charge in [0.2, 0.25) is 0 Å². The van der Waals surface area contributed by atoms with Crippen molar-refractivity contribution in [3.8, 4) is 5.75 Å². The summed E-state index contributed by atoms with van der Waals surface area (Å²) in [6.07, 6.45) is 3.29. The molecule has 0 aliphatic rings. The highest BCUT2D eigenvalue weighted by Gasteiger charge is 2.06. The van der Waals surface area contributed by atoms with E-state index in [0.29, 0.717) is 18.6 Å². The lowest BCUT2D eigenvalue weighted by atomic mass is 10.1. The normalized spacial score (nSPS) is 11.9. The van der Waals surface area contributed by atoms with Gasteiger partial charge in [-0.2, -0.15) is 0 Å². The Morgan fingerprint density at radius 3 is 2.57 bits per heavy atom. The molecule has 2 aromatic rings. The largest absolute Gasteiger partial charge is 0.493 e. The molecule has 0 unspecified atom stereocenters. The zero-order valence-corrected chi connectivity index (χ0v) is 13.4. The van der Waals surface area contributed by atoms with Gasteiger partial charge >= 0.3 is 0 Å². The van der Waals surface area contributed by atoms with Crippen LogP contribution in [-0.2, 0) is 15.9 Å². The van der Waals surface area contributed by atoms with Crippen LogP contribution in [0.4, 0.5) is 0 Å². The maximum absolute atomic E-state index is 10.6. The molecule has 0 spiro atoms. The predicted molar refractivity (Wildman–Crippen MR) is 86.6 cm³/mol. The predicted octanol–water partition coefficient (Wildman–Crippen LogP) is 3.20. The van der Waals surface area contributed by atoms with Crippen LogP contribution in [0, 0.1) is 0 Å². The standard InChI is InChI=1S/C18H21NO4/c1-14(23-13-21-2)16-5-6-17(19-11-16)9-10-22-18-7-3-15(12-20)4-8-18/h3-8,11-12,14H,9-10,13H2,1-2H3/t14-/m1/s1. The Hall–Kier alpha value is -2.24. The number of pyridine rings is 1. The Kier molecular flexibility index (Phi) is 6.72. The highest BCUT2D eigenvalue weighted by atomic mass is 16.7. The average molecular weight is 315 g/mol. The van der Waals surface area contributed by atoms with Gasteiger partial charge in [0, 0.05) is 31.0 Å². The Balaban J connectivity index is 1.80. The molecule has 0 saturated carbocycles. The second-order valence-electron chi connectivity index (χ2n) is 5.08. The van der Waals surface area contributed by atoms with Gasteiger partial charge in [0.25, 0.3) is 0 Å². The zero-order valence-electron chi connectivity index (χ0n) is 13.4. The number of ether oxygens (including phenoxy) is 3. The summed E-state index contributed by atoms with van der Waals surface area (Å²) in [4.78, 5) is 15.0. The number of carbonyl (C=O) groups excluding carboxylic acids is 1. The van der Waals surface area contributed by atoms with E-state index in [1.54, 1.807) is 31.4 Å². The van der Waals surface area contributed by atoms with E-state index < -0.39 is 0 Å². The van der Waals surface area contributed by atoms with E-state index in [9.17, 15) is 4.79 Å². The first-order valence-electron chi connectivity index (χ1n) is 7.46. The average Bonchev–Trinajstić information content (AvgIpc) is 2.61. The van der Waals surface area contributed by atoms with Crippen molar-refractivity contribution < 1.29 is 19.0 Å². The van der Waals surface area contributed by atoms with Crippen molar-refractivity contribution in [2.45, 2.75) is 19.4 Å². The van der Waals surface area contributed by atoms with Gasteiger partial charge < -0.3 is 14.2 Å². The summed E-state index contributed by atoms with van der Waals surface area (Å²) < 4.78 is 16.0. The van der Waals surface area contributed by atoms with E-state index in [4.69, 9.17) is 14.2 Å². The molecule has 0 aliphatic carbocycles. The van der Waals surface area contributed by atoms with Gasteiger partial charge in [0.05, 0.1) is 12.7 Å². The van der Waals surface area contributed by atoms with Gasteiger partial charge in [-0.25, -0.2) is 0 Å². The molecule has 5 heteroatoms. The molecule has 0 N–H and O–H groups in total. The van der Waals surface area contributed by atoms with Crippen LogP contribution in [0.3, 0.4) is 0 Å². The molecule has 1 aromatic heterocycles. The van der Waals surface area contributed by atoms with Crippen molar-refractivity contribution in [3.05, 3.63) is 59.4 Å². The van der Waals surface area contributed by atoms with E-state index in [1.165, 1.54) is 0 Å². The molecule has 1 heterocycles. The fraction of sp³-hybridized carbons (Fsp3) is 0.333. The maximum Gasteiger partial charge on any atom is 0.150 e. The van der Waals surface area contributed by atoms with Gasteiger partial charge in [-0.05, 0) is 42.8 Å². The second-order valence-corrected chi connectivity index (χ2v) is 5.08. The first-order chi connectivity index (χ1) is 11.2. The van der Waals surface area contributed by atoms with Crippen LogP contribution in [0.2, 0.25) is 0 Å². The molecular weight excluding hydrogens is 294 g/mol. The van der Waals surface area contributed by atoms with Crippen molar-refractivity contribution >= 4 is 6.29 Å². The fourth-order valence-electron chi connectivity index (χ4n) is 2.01. The topological polar surface area (TPSA) is 57.7 Å². The lowest BCUT2D eigenvalue weighted by Gasteiger charge is -2.12. The molecule has 122 valence electrons. The molecule has 0 radical (unpaired) electrons. The molecule has 2 rings (SSSR count). The first kappa shape index (κ1) is 17.1. The molecule has 0 amide bonds. The van der Waals surface area contributed by atoms with Crippen molar-refractivity contribution in [1.82, 2.24) is 4.98 Å². The Bertz CT molecular complexity index is 595. The Morgan fingerprint density at radius 1 is 1.17 bits per heavy atom. The van der Waals surface area contributed by atoms with Crippen LogP contribution in [0.1, 0.15) is 34.6 Å². The maximum atomic E-state index is 10.6. The van der Waals surface area contributed by atoms with E-state index in [-0.39, 0.29) is 12.9 Å². The van der Waals surface area contributed by atoms with Gasteiger partial charge in [0.15, 0.2) is 0 Å². The summed E-state index contributed by atoms with van der Waals surface area (Å²) in [5.74, 6) is 0.744. The molecule has 0 bridgehead atoms. The number of rotatable bonds is 9. The third-order valence-corrected chi connectivity index (χ3v) is 3.40. The number of nitrogens with zero attached hydrogens (tertiary/aromatic N) is 1. The molecule has 5 nitrogen and oxygen atoms in total. The van der Waals surface area contributed by atoms with Crippen molar-refractivity contribution in [1.29, 1.82) is 0 Å². The number of aldehydes is 1. The van der Waals surface area contributed by atoms with Crippen LogP contribution < -0.4 is 4.74 Å². The summed E-state index contributed by atoms with van der Waals surface area (Å²) in [6, 6.07) is 11.0. The summed E-state index contributed by atoms with van der Waals surface area (Å²) in [5, 5.41) is 0. The minimum Gasteiger partial charge on any atom is -0.493 e. The number of aromatic nitrogens is 1. The number of benzene rings is 1. The van der Waals surface area contributed by atoms with Gasteiger partial charge in [0.1, 0.15) is 18.8 Å². The minimum atomic E-state index is -0.0518. The summed E-state index contributed by atoms with van der Waals surface area (Å²) in [5.41, 5.74) is 2.60. The molecular formula is C18H21NO4. The van der Waals surface area contributed by atoms with Crippen LogP contribution in [0.15, 0.2) is 42.6 Å². The number of hydrogen-bond donors (Lipinski definition) is 0. The van der Waals surface area contributed by atoms with Gasteiger partial charge in [-0.1, -0.05) is 6.07 Å². The highest BCUT2D eigenvalue weighted by Crippen LogP contribution is 2.16. The van der Waals surface area contributed by atoms with Gasteiger partial charge in [-0.15, -0.1) is 0 Å². The summed E-state index contributed by atoms with van der Waals surface area (Å²) in [7, 11) is 1.60. The second kappa shape index (κ2) is 9.02. The lowest BCUT2D eigenvalue weighted by Crippen LogP contribution is -2.06. The Labute approximate surface area is 136 Å². The van der Waals surface area contributed by atoms with Crippen molar-refractivity contribution in [2.75, 3.05) is 20.5 Å². The van der Waals surface area contributed by atoms with E-state index in [2.05, 4.69) is 4.98 Å². The minimum absolute atomic E-state index is 0.0518. The van der Waals surface area contributed by atoms with Crippen LogP contribution in [0.25, 0.3) is 0 Å². The van der Waals surface area contributed by atoms with Crippen LogP contribution in [0.5, 0.6) is 5.75 Å². The first-order valence-corrected chi connectivity index (χ1v) is 7.46. The van der Waals surface area contributed by atoms with E-state index >= 15 is 0 Å². The quantitative estimate of drug-likeness (QED) is 0.525. The molecule has 1 atom stereocenters. The third-order valence-electron chi connectivity index (χ3n) is 3.40. The zero-order chi connectivity index (χ0) is 16.5. The fourth-order valence-corrected chi connectivity index (χ4v) is 2.01. The number of hydrogen-bond acceptors (Lipinski definition) is 5. The highest BCUT2D eigenvalue weighted by molar-refractivity contribution is 5.74. The van der Waals surface area contributed by atoms with Crippen LogP contribution in [-0.4, -0.2) is 31.8 Å². The van der Waals surface area contributed by atoms with E-state index in [0.717, 1.165) is 23.3 Å². The lowest BCUT2D eigenvalue weighted by molar-refractivity contribution is -0.0667. The number of carbonyl (C=O) groups is 1. The molecule has 23 heavy (non-hydrogen) atoms. The van der Waals surface area contributed by atoms with Crippen molar-refractivity contribution in [3.63, 3.8) is 0 Å². The Morgan fingerprint density at radius 2 is 1.96 bits per heavy atom. The molecule has 0 aliphatic heterocycles. The SMILES string of the molecule is COCO[C@H](C)c1ccc(CCOc2ccc(C=O)cc2)nc1. The van der Waals surface area contributed by atoms with Crippen LogP contribution >= 0.6 is 0 Å². The van der Waals surface area contributed by atoms with Crippen molar-refractivity contribution in [2.24, 2.45) is 0 Å². The summed E-state index contributed by atoms with van der Waals surface area (Å²) >= 11 is 0. The number of methoxy groups -OCH3 is 1. The third kappa shape index (κ3) is 5.47. The molecule has 0 saturated heterocycles. The smallest absolute Gasteiger partial charge is 0.150 e. The van der Waals surface area contributed by atoms with E-state index in [1.807, 2.05) is 25.3 Å². The summed E-state index contributed by atoms with van der Waals surface area (Å²) in [6.45, 7) is 2.75. The van der Waals surface area contributed by atoms with Gasteiger partial charge in [-0.3, -0.25) is 9.78 Å². The molecule has 0 fully saturated rings. The monoisotopic (exact) mass is 315 g/mol. The molecule has 1 aromatic carbocycles.